The van der Waals surface area contributed by atoms with Crippen LogP contribution in [0.15, 0.2) is 72.1 Å². The Bertz CT molecular complexity index is 1260. The largest absolute Gasteiger partial charge is 0.324 e. The van der Waals surface area contributed by atoms with E-state index in [0.717, 1.165) is 16.8 Å². The van der Waals surface area contributed by atoms with Crippen LogP contribution in [0.5, 0.6) is 0 Å². The van der Waals surface area contributed by atoms with E-state index in [-0.39, 0.29) is 5.91 Å². The number of para-hydroxylation sites is 1. The molecule has 0 spiro atoms. The Balaban J connectivity index is 1.66. The first kappa shape index (κ1) is 22.3. The molecule has 0 aliphatic carbocycles. The van der Waals surface area contributed by atoms with Gasteiger partial charge in [0, 0.05) is 18.0 Å². The number of nitrogens with zero attached hydrogens (tertiary/aromatic N) is 4. The molecule has 1 unspecified atom stereocenters. The maximum atomic E-state index is 12.9. The fourth-order valence-electron chi connectivity index (χ4n) is 3.11. The molecule has 0 aliphatic rings. The van der Waals surface area contributed by atoms with Crippen LogP contribution in [0, 0.1) is 6.92 Å². The maximum absolute atomic E-state index is 12.9. The molecular weight excluding hydrogens is 465 g/mol. The summed E-state index contributed by atoms with van der Waals surface area (Å²) < 4.78 is 1.96. The van der Waals surface area contributed by atoms with Crippen LogP contribution in [-0.4, -0.2) is 30.9 Å². The van der Waals surface area contributed by atoms with Crippen LogP contribution >= 0.6 is 35.0 Å². The Hall–Kier alpha value is -2.87. The summed E-state index contributed by atoms with van der Waals surface area (Å²) in [7, 11) is 0. The molecule has 162 valence electrons. The number of halogens is 2. The Morgan fingerprint density at radius 2 is 1.78 bits per heavy atom. The first-order chi connectivity index (χ1) is 15.5. The van der Waals surface area contributed by atoms with Gasteiger partial charge in [0.2, 0.25) is 5.91 Å². The third-order valence-electron chi connectivity index (χ3n) is 4.79. The predicted octanol–water partition coefficient (Wildman–Crippen LogP) is 6.06. The molecule has 0 aliphatic heterocycles. The summed E-state index contributed by atoms with van der Waals surface area (Å²) in [6.45, 7) is 3.83. The summed E-state index contributed by atoms with van der Waals surface area (Å²) in [5.74, 6) is 0.457. The maximum Gasteiger partial charge on any atom is 0.237 e. The van der Waals surface area contributed by atoms with Crippen molar-refractivity contribution in [3.63, 3.8) is 0 Å². The van der Waals surface area contributed by atoms with Crippen molar-refractivity contribution in [1.82, 2.24) is 19.7 Å². The van der Waals surface area contributed by atoms with E-state index in [0.29, 0.717) is 26.7 Å². The summed E-state index contributed by atoms with van der Waals surface area (Å²) in [4.78, 5) is 17.0. The molecule has 1 atom stereocenters. The number of rotatable bonds is 6. The molecule has 2 aromatic heterocycles. The second kappa shape index (κ2) is 9.73. The highest BCUT2D eigenvalue weighted by Gasteiger charge is 2.23. The van der Waals surface area contributed by atoms with Gasteiger partial charge >= 0.3 is 0 Å². The first-order valence-electron chi connectivity index (χ1n) is 9.79. The zero-order chi connectivity index (χ0) is 22.7. The molecule has 9 heteroatoms. The van der Waals surface area contributed by atoms with E-state index in [9.17, 15) is 4.79 Å². The molecular formula is C23H19Cl2N5OS. The standard InChI is InChI=1S/C23H19Cl2N5OS/c1-14-6-3-4-9-19(14)30-21(16-10-12-26-13-11-16)28-29-23(30)32-15(2)22(31)27-18-8-5-7-17(24)20(18)25/h3-13,15H,1-2H3,(H,27,31). The van der Waals surface area contributed by atoms with Gasteiger partial charge in [0.15, 0.2) is 11.0 Å². The van der Waals surface area contributed by atoms with E-state index < -0.39 is 5.25 Å². The molecule has 0 saturated heterocycles. The van der Waals surface area contributed by atoms with Gasteiger partial charge in [0.05, 0.1) is 26.7 Å². The van der Waals surface area contributed by atoms with Crippen LogP contribution < -0.4 is 5.32 Å². The topological polar surface area (TPSA) is 72.7 Å². The average Bonchev–Trinajstić information content (AvgIpc) is 3.21. The first-order valence-corrected chi connectivity index (χ1v) is 11.4. The van der Waals surface area contributed by atoms with Gasteiger partial charge in [-0.3, -0.25) is 14.3 Å². The summed E-state index contributed by atoms with van der Waals surface area (Å²) in [6.07, 6.45) is 3.42. The van der Waals surface area contributed by atoms with Crippen LogP contribution in [0.2, 0.25) is 10.0 Å². The second-order valence-electron chi connectivity index (χ2n) is 7.01. The highest BCUT2D eigenvalue weighted by molar-refractivity contribution is 8.00. The van der Waals surface area contributed by atoms with Crippen LogP contribution in [0.3, 0.4) is 0 Å². The highest BCUT2D eigenvalue weighted by Crippen LogP contribution is 2.33. The molecule has 0 bridgehead atoms. The van der Waals surface area contributed by atoms with Gasteiger partial charge in [-0.1, -0.05) is 59.2 Å². The zero-order valence-corrected chi connectivity index (χ0v) is 19.6. The van der Waals surface area contributed by atoms with Crippen molar-refractivity contribution < 1.29 is 4.79 Å². The van der Waals surface area contributed by atoms with Gasteiger partial charge in [0.25, 0.3) is 0 Å². The normalized spacial score (nSPS) is 11.9. The van der Waals surface area contributed by atoms with Gasteiger partial charge in [-0.25, -0.2) is 0 Å². The molecule has 32 heavy (non-hydrogen) atoms. The van der Waals surface area contributed by atoms with Gasteiger partial charge in [-0.05, 0) is 49.7 Å². The van der Waals surface area contributed by atoms with Crippen molar-refractivity contribution >= 4 is 46.6 Å². The fourth-order valence-corrected chi connectivity index (χ4v) is 4.32. The summed E-state index contributed by atoms with van der Waals surface area (Å²) in [6, 6.07) is 16.8. The molecule has 4 aromatic rings. The summed E-state index contributed by atoms with van der Waals surface area (Å²) in [5.41, 5.74) is 3.35. The van der Waals surface area contributed by atoms with Gasteiger partial charge in [-0.15, -0.1) is 10.2 Å². The number of benzene rings is 2. The van der Waals surface area contributed by atoms with E-state index >= 15 is 0 Å². The van der Waals surface area contributed by atoms with E-state index in [1.165, 1.54) is 11.8 Å². The third-order valence-corrected chi connectivity index (χ3v) is 6.65. The minimum Gasteiger partial charge on any atom is -0.324 e. The SMILES string of the molecule is Cc1ccccc1-n1c(SC(C)C(=O)Nc2cccc(Cl)c2Cl)nnc1-c1ccncc1. The number of thioether (sulfide) groups is 1. The molecule has 0 saturated carbocycles. The van der Waals surface area contributed by atoms with Crippen molar-refractivity contribution in [2.75, 3.05) is 5.32 Å². The predicted molar refractivity (Wildman–Crippen MR) is 130 cm³/mol. The summed E-state index contributed by atoms with van der Waals surface area (Å²) in [5, 5.41) is 12.5. The number of pyridine rings is 1. The smallest absolute Gasteiger partial charge is 0.237 e. The molecule has 2 heterocycles. The number of hydrogen-bond acceptors (Lipinski definition) is 5. The van der Waals surface area contributed by atoms with Crippen molar-refractivity contribution in [2.24, 2.45) is 0 Å². The Morgan fingerprint density at radius 1 is 1.03 bits per heavy atom. The lowest BCUT2D eigenvalue weighted by atomic mass is 10.2. The van der Waals surface area contributed by atoms with Crippen molar-refractivity contribution in [2.45, 2.75) is 24.3 Å². The second-order valence-corrected chi connectivity index (χ2v) is 9.11. The zero-order valence-electron chi connectivity index (χ0n) is 17.3. The molecule has 4 rings (SSSR count). The number of aryl methyl sites for hydroxylation is 1. The number of amides is 1. The molecule has 0 radical (unpaired) electrons. The van der Waals surface area contributed by atoms with Crippen LogP contribution in [0.1, 0.15) is 12.5 Å². The molecule has 0 fully saturated rings. The lowest BCUT2D eigenvalue weighted by Crippen LogP contribution is -2.23. The minimum absolute atomic E-state index is 0.219. The number of aromatic nitrogens is 4. The van der Waals surface area contributed by atoms with E-state index in [1.54, 1.807) is 37.5 Å². The molecule has 2 aromatic carbocycles. The quantitative estimate of drug-likeness (QED) is 0.337. The van der Waals surface area contributed by atoms with Gasteiger partial charge < -0.3 is 5.32 Å². The van der Waals surface area contributed by atoms with Crippen LogP contribution in [0.4, 0.5) is 5.69 Å². The number of anilines is 1. The Labute approximate surface area is 200 Å². The molecule has 1 amide bonds. The minimum atomic E-state index is -0.470. The Kier molecular flexibility index (Phi) is 6.79. The third kappa shape index (κ3) is 4.65. The number of nitrogens with one attached hydrogen (secondary N) is 1. The molecule has 6 nitrogen and oxygen atoms in total. The van der Waals surface area contributed by atoms with Crippen molar-refractivity contribution in [3.05, 3.63) is 82.6 Å². The monoisotopic (exact) mass is 483 g/mol. The van der Waals surface area contributed by atoms with Crippen molar-refractivity contribution in [3.8, 4) is 17.1 Å². The average molecular weight is 484 g/mol. The number of carbonyl (C=O) groups is 1. The highest BCUT2D eigenvalue weighted by atomic mass is 35.5. The molecule has 1 N–H and O–H groups in total. The fraction of sp³-hybridized carbons (Fsp3) is 0.130. The van der Waals surface area contributed by atoms with E-state index in [2.05, 4.69) is 20.5 Å². The number of hydrogen-bond donors (Lipinski definition) is 1. The van der Waals surface area contributed by atoms with E-state index in [4.69, 9.17) is 23.2 Å². The van der Waals surface area contributed by atoms with Gasteiger partial charge in [-0.2, -0.15) is 0 Å². The van der Waals surface area contributed by atoms with E-state index in [1.807, 2.05) is 47.9 Å². The summed E-state index contributed by atoms with van der Waals surface area (Å²) >= 11 is 13.6. The Morgan fingerprint density at radius 3 is 2.53 bits per heavy atom. The number of carbonyl (C=O) groups excluding carboxylic acids is 1. The van der Waals surface area contributed by atoms with Gasteiger partial charge in [0.1, 0.15) is 0 Å². The van der Waals surface area contributed by atoms with Crippen LogP contribution in [-0.2, 0) is 4.79 Å². The van der Waals surface area contributed by atoms with Crippen molar-refractivity contribution in [1.29, 1.82) is 0 Å². The van der Waals surface area contributed by atoms with Crippen LogP contribution in [0.25, 0.3) is 17.1 Å². The lowest BCUT2D eigenvalue weighted by molar-refractivity contribution is -0.115. The lowest BCUT2D eigenvalue weighted by Gasteiger charge is -2.16.